The van der Waals surface area contributed by atoms with E-state index in [1.165, 1.54) is 6.20 Å². The van der Waals surface area contributed by atoms with Crippen molar-refractivity contribution >= 4 is 6.08 Å². The molecule has 4 nitrogen and oxygen atoms in total. The molecule has 0 atom stereocenters. The van der Waals surface area contributed by atoms with Crippen LogP contribution in [0.1, 0.15) is 5.56 Å². The van der Waals surface area contributed by atoms with Crippen molar-refractivity contribution in [2.24, 2.45) is 5.11 Å². The number of rotatable bonds is 3. The van der Waals surface area contributed by atoms with Gasteiger partial charge in [-0.2, -0.15) is 0 Å². The summed E-state index contributed by atoms with van der Waals surface area (Å²) in [6.45, 7) is 0. The molecule has 1 rings (SSSR count). The van der Waals surface area contributed by atoms with E-state index in [0.29, 0.717) is 0 Å². The Morgan fingerprint density at radius 3 is 3.08 bits per heavy atom. The molecule has 0 spiro atoms. The second-order valence-corrected chi connectivity index (χ2v) is 2.30. The average Bonchev–Trinajstić information content (AvgIpc) is 2.19. The molecule has 1 aromatic carbocycles. The number of hydrogen-bond acceptors (Lipinski definition) is 2. The molecule has 4 heteroatoms. The lowest BCUT2D eigenvalue weighted by Gasteiger charge is -1.98. The smallest absolute Gasteiger partial charge is 0.119 e. The van der Waals surface area contributed by atoms with Crippen molar-refractivity contribution in [3.8, 4) is 5.75 Å². The highest BCUT2D eigenvalue weighted by atomic mass is 16.5. The molecule has 0 unspecified atom stereocenters. The van der Waals surface area contributed by atoms with Crippen LogP contribution in [0.25, 0.3) is 16.5 Å². The normalized spacial score (nSPS) is 9.62. The van der Waals surface area contributed by atoms with Crippen LogP contribution in [0.2, 0.25) is 0 Å². The van der Waals surface area contributed by atoms with Crippen molar-refractivity contribution in [3.05, 3.63) is 46.5 Å². The molecule has 13 heavy (non-hydrogen) atoms. The van der Waals surface area contributed by atoms with Crippen LogP contribution in [0, 0.1) is 0 Å². The molecular weight excluding hydrogens is 166 g/mol. The van der Waals surface area contributed by atoms with Crippen molar-refractivity contribution in [2.75, 3.05) is 7.11 Å². The van der Waals surface area contributed by atoms with Gasteiger partial charge in [-0.15, -0.1) is 0 Å². The zero-order chi connectivity index (χ0) is 9.52. The first-order valence-electron chi connectivity index (χ1n) is 3.71. The van der Waals surface area contributed by atoms with E-state index in [1.807, 2.05) is 24.3 Å². The van der Waals surface area contributed by atoms with Gasteiger partial charge in [-0.1, -0.05) is 23.3 Å². The Bertz CT molecular complexity index is 354. The van der Waals surface area contributed by atoms with E-state index in [-0.39, 0.29) is 0 Å². The molecule has 0 bridgehead atoms. The van der Waals surface area contributed by atoms with Crippen LogP contribution in [-0.2, 0) is 0 Å². The van der Waals surface area contributed by atoms with Gasteiger partial charge in [-0.05, 0) is 23.2 Å². The highest BCUT2D eigenvalue weighted by Crippen LogP contribution is 2.13. The Labute approximate surface area is 76.1 Å². The van der Waals surface area contributed by atoms with Crippen LogP contribution in [0.5, 0.6) is 5.75 Å². The quantitative estimate of drug-likeness (QED) is 0.395. The van der Waals surface area contributed by atoms with Crippen molar-refractivity contribution in [1.29, 1.82) is 0 Å². The molecule has 0 aromatic heterocycles. The maximum absolute atomic E-state index is 8.03. The van der Waals surface area contributed by atoms with E-state index in [1.54, 1.807) is 13.2 Å². The van der Waals surface area contributed by atoms with Crippen LogP contribution < -0.4 is 4.74 Å². The van der Waals surface area contributed by atoms with Gasteiger partial charge in [0.1, 0.15) is 5.75 Å². The van der Waals surface area contributed by atoms with Gasteiger partial charge in [-0.25, -0.2) is 0 Å². The van der Waals surface area contributed by atoms with Gasteiger partial charge in [0.2, 0.25) is 0 Å². The molecule has 1 aromatic rings. The van der Waals surface area contributed by atoms with Gasteiger partial charge < -0.3 is 4.74 Å². The minimum atomic E-state index is 0.781. The molecule has 0 saturated carbocycles. The topological polar surface area (TPSA) is 58.0 Å². The van der Waals surface area contributed by atoms with Gasteiger partial charge in [0, 0.05) is 11.1 Å². The fourth-order valence-corrected chi connectivity index (χ4v) is 0.894. The number of nitrogens with zero attached hydrogens (tertiary/aromatic N) is 3. The number of hydrogen-bond donors (Lipinski definition) is 0. The van der Waals surface area contributed by atoms with E-state index >= 15 is 0 Å². The second-order valence-electron chi connectivity index (χ2n) is 2.30. The van der Waals surface area contributed by atoms with Crippen LogP contribution in [0.3, 0.4) is 0 Å². The van der Waals surface area contributed by atoms with Gasteiger partial charge >= 0.3 is 0 Å². The molecule has 0 saturated heterocycles. The molecule has 0 aliphatic rings. The van der Waals surface area contributed by atoms with Gasteiger partial charge in [-0.3, -0.25) is 0 Å². The lowest BCUT2D eigenvalue weighted by molar-refractivity contribution is 0.414. The summed E-state index contributed by atoms with van der Waals surface area (Å²) >= 11 is 0. The Morgan fingerprint density at radius 2 is 2.38 bits per heavy atom. The first-order chi connectivity index (χ1) is 6.36. The highest BCUT2D eigenvalue weighted by Gasteiger charge is 1.89. The van der Waals surface area contributed by atoms with E-state index in [9.17, 15) is 0 Å². The van der Waals surface area contributed by atoms with Gasteiger partial charge in [0.05, 0.1) is 7.11 Å². The van der Waals surface area contributed by atoms with Gasteiger partial charge in [0.15, 0.2) is 0 Å². The second kappa shape index (κ2) is 4.85. The molecule has 0 fully saturated rings. The predicted molar refractivity (Wildman–Crippen MR) is 51.2 cm³/mol. The molecule has 0 heterocycles. The third kappa shape index (κ3) is 2.89. The summed E-state index contributed by atoms with van der Waals surface area (Å²) in [6.07, 6.45) is 3.11. The molecule has 0 amide bonds. The van der Waals surface area contributed by atoms with E-state index in [4.69, 9.17) is 10.3 Å². The zero-order valence-electron chi connectivity index (χ0n) is 7.21. The minimum absolute atomic E-state index is 0.781. The van der Waals surface area contributed by atoms with Crippen LogP contribution in [0.15, 0.2) is 35.6 Å². The maximum Gasteiger partial charge on any atom is 0.119 e. The summed E-state index contributed by atoms with van der Waals surface area (Å²) in [5.41, 5.74) is 8.96. The number of methoxy groups -OCH3 is 1. The van der Waals surface area contributed by atoms with Crippen molar-refractivity contribution in [3.63, 3.8) is 0 Å². The largest absolute Gasteiger partial charge is 0.497 e. The summed E-state index contributed by atoms with van der Waals surface area (Å²) in [7, 11) is 1.61. The van der Waals surface area contributed by atoms with Crippen molar-refractivity contribution < 1.29 is 4.74 Å². The van der Waals surface area contributed by atoms with E-state index in [0.717, 1.165) is 11.3 Å². The fourth-order valence-electron chi connectivity index (χ4n) is 0.894. The molecular formula is C9H9N3O. The molecule has 0 aliphatic carbocycles. The average molecular weight is 175 g/mol. The van der Waals surface area contributed by atoms with E-state index < -0.39 is 0 Å². The zero-order valence-corrected chi connectivity index (χ0v) is 7.21. The first kappa shape index (κ1) is 9.16. The standard InChI is InChI=1S/C9H9N3O/c1-13-9-4-2-3-8(7-9)5-6-11-12-10/h2-7H,1H3/b6-5-. The molecule has 0 aliphatic heterocycles. The highest BCUT2D eigenvalue weighted by molar-refractivity contribution is 5.51. The maximum atomic E-state index is 8.03. The number of benzene rings is 1. The molecule has 0 radical (unpaired) electrons. The predicted octanol–water partition coefficient (Wildman–Crippen LogP) is 2.98. The number of azide groups is 1. The van der Waals surface area contributed by atoms with Gasteiger partial charge in [0.25, 0.3) is 0 Å². The first-order valence-corrected chi connectivity index (χ1v) is 3.71. The lowest BCUT2D eigenvalue weighted by Crippen LogP contribution is -1.81. The molecule has 0 N–H and O–H groups in total. The van der Waals surface area contributed by atoms with E-state index in [2.05, 4.69) is 10.0 Å². The van der Waals surface area contributed by atoms with Crippen molar-refractivity contribution in [2.45, 2.75) is 0 Å². The Balaban J connectivity index is 2.82. The minimum Gasteiger partial charge on any atom is -0.497 e. The lowest BCUT2D eigenvalue weighted by atomic mass is 10.2. The third-order valence-corrected chi connectivity index (χ3v) is 1.48. The summed E-state index contributed by atoms with van der Waals surface area (Å²) in [5, 5.41) is 3.28. The molecule has 66 valence electrons. The monoisotopic (exact) mass is 175 g/mol. The van der Waals surface area contributed by atoms with Crippen LogP contribution in [0.4, 0.5) is 0 Å². The summed E-state index contributed by atoms with van der Waals surface area (Å²) in [5.74, 6) is 0.781. The van der Waals surface area contributed by atoms with Crippen LogP contribution >= 0.6 is 0 Å². The van der Waals surface area contributed by atoms with Crippen LogP contribution in [-0.4, -0.2) is 7.11 Å². The summed E-state index contributed by atoms with van der Waals surface area (Å²) in [4.78, 5) is 2.60. The Morgan fingerprint density at radius 1 is 1.54 bits per heavy atom. The third-order valence-electron chi connectivity index (χ3n) is 1.48. The Hall–Kier alpha value is -1.93. The summed E-state index contributed by atoms with van der Waals surface area (Å²) in [6, 6.07) is 7.47. The number of ether oxygens (including phenoxy) is 1. The van der Waals surface area contributed by atoms with Crippen molar-refractivity contribution in [1.82, 2.24) is 0 Å². The SMILES string of the molecule is COc1cccc(/C=C\N=[N+]=[N-])c1. The summed E-state index contributed by atoms with van der Waals surface area (Å²) < 4.78 is 5.02. The Kier molecular flexibility index (Phi) is 3.42. The fraction of sp³-hybridized carbons (Fsp3) is 0.111.